The fourth-order valence-corrected chi connectivity index (χ4v) is 3.15. The summed E-state index contributed by atoms with van der Waals surface area (Å²) in [4.78, 5) is 14.6. The number of carbonyl (C=O) groups excluding carboxylic acids is 1. The number of anilines is 2. The second-order valence-corrected chi connectivity index (χ2v) is 5.99. The third-order valence-corrected chi connectivity index (χ3v) is 4.51. The third-order valence-electron chi connectivity index (χ3n) is 4.51. The lowest BCUT2D eigenvalue weighted by atomic mass is 9.91. The van der Waals surface area contributed by atoms with E-state index in [4.69, 9.17) is 5.73 Å². The molecule has 3 nitrogen and oxygen atoms in total. The van der Waals surface area contributed by atoms with E-state index in [1.54, 1.807) is 0 Å². The van der Waals surface area contributed by atoms with Crippen molar-refractivity contribution in [3.05, 3.63) is 59.7 Å². The molecule has 1 amide bonds. The van der Waals surface area contributed by atoms with Crippen LogP contribution in [0.2, 0.25) is 0 Å². The molecular weight excluding hydrogens is 308 g/mol. The van der Waals surface area contributed by atoms with Gasteiger partial charge < -0.3 is 10.6 Å². The van der Waals surface area contributed by atoms with Gasteiger partial charge in [0.25, 0.3) is 0 Å². The molecule has 1 heterocycles. The van der Waals surface area contributed by atoms with Crippen molar-refractivity contribution in [3.63, 3.8) is 0 Å². The van der Waals surface area contributed by atoms with Crippen LogP contribution in [-0.4, -0.2) is 12.5 Å². The Balaban J connectivity index is 0.00000192. The van der Waals surface area contributed by atoms with E-state index in [1.165, 1.54) is 5.56 Å². The first-order valence-electron chi connectivity index (χ1n) is 7.89. The van der Waals surface area contributed by atoms with Gasteiger partial charge in [-0.05, 0) is 42.0 Å². The highest BCUT2D eigenvalue weighted by molar-refractivity contribution is 5.95. The Morgan fingerprint density at radius 3 is 2.65 bits per heavy atom. The van der Waals surface area contributed by atoms with Crippen LogP contribution in [0, 0.1) is 0 Å². The van der Waals surface area contributed by atoms with Gasteiger partial charge in [-0.25, -0.2) is 0 Å². The van der Waals surface area contributed by atoms with Crippen LogP contribution >= 0.6 is 12.4 Å². The Morgan fingerprint density at radius 1 is 1.17 bits per heavy atom. The molecule has 0 bridgehead atoms. The van der Waals surface area contributed by atoms with E-state index < -0.39 is 0 Å². The van der Waals surface area contributed by atoms with Gasteiger partial charge in [0.15, 0.2) is 0 Å². The maximum Gasteiger partial charge on any atom is 0.227 e. The van der Waals surface area contributed by atoms with Gasteiger partial charge in [0.1, 0.15) is 0 Å². The smallest absolute Gasteiger partial charge is 0.227 e. The number of hydrogen-bond donors (Lipinski definition) is 1. The fraction of sp³-hybridized carbons (Fsp3) is 0.316. The Bertz CT molecular complexity index is 687. The van der Waals surface area contributed by atoms with E-state index in [9.17, 15) is 4.79 Å². The summed E-state index contributed by atoms with van der Waals surface area (Å²) in [6.45, 7) is 3.03. The second-order valence-electron chi connectivity index (χ2n) is 5.99. The molecule has 1 aliphatic heterocycles. The minimum absolute atomic E-state index is 0. The average Bonchev–Trinajstić information content (AvgIpc) is 2.54. The van der Waals surface area contributed by atoms with Crippen molar-refractivity contribution in [2.24, 2.45) is 0 Å². The molecule has 0 radical (unpaired) electrons. The molecule has 122 valence electrons. The van der Waals surface area contributed by atoms with Crippen LogP contribution in [0.25, 0.3) is 0 Å². The highest BCUT2D eigenvalue weighted by atomic mass is 35.5. The van der Waals surface area contributed by atoms with Gasteiger partial charge in [0.2, 0.25) is 5.91 Å². The number of benzene rings is 2. The number of nitrogen functional groups attached to an aromatic ring is 1. The summed E-state index contributed by atoms with van der Waals surface area (Å²) in [6, 6.07) is 16.0. The predicted octanol–water partition coefficient (Wildman–Crippen LogP) is 4.16. The lowest BCUT2D eigenvalue weighted by Crippen LogP contribution is -2.36. The molecule has 3 rings (SSSR count). The maximum atomic E-state index is 12.6. The van der Waals surface area contributed by atoms with Crippen molar-refractivity contribution in [2.75, 3.05) is 17.2 Å². The zero-order valence-electron chi connectivity index (χ0n) is 13.4. The van der Waals surface area contributed by atoms with E-state index in [0.29, 0.717) is 18.8 Å². The van der Waals surface area contributed by atoms with Crippen LogP contribution in [0.5, 0.6) is 0 Å². The molecule has 1 unspecified atom stereocenters. The number of halogens is 1. The van der Waals surface area contributed by atoms with Crippen molar-refractivity contribution < 1.29 is 4.79 Å². The summed E-state index contributed by atoms with van der Waals surface area (Å²) in [5.74, 6) is 0.702. The lowest BCUT2D eigenvalue weighted by Gasteiger charge is -2.33. The maximum absolute atomic E-state index is 12.6. The standard InChI is InChI=1S/C19H22N2O.ClH/c1-14-12-13-21(18-9-5-3-7-16(14)18)19(22)11-10-15-6-2-4-8-17(15)20;/h2-9,14H,10-13,20H2,1H3;1H. The number of hydrogen-bond acceptors (Lipinski definition) is 2. The minimum Gasteiger partial charge on any atom is -0.399 e. The van der Waals surface area contributed by atoms with Crippen molar-refractivity contribution in [1.82, 2.24) is 0 Å². The molecular formula is C19H23ClN2O. The monoisotopic (exact) mass is 330 g/mol. The lowest BCUT2D eigenvalue weighted by molar-refractivity contribution is -0.118. The number of nitrogens with two attached hydrogens (primary N) is 1. The molecule has 4 heteroatoms. The third kappa shape index (κ3) is 3.67. The number of nitrogens with zero attached hydrogens (tertiary/aromatic N) is 1. The quantitative estimate of drug-likeness (QED) is 0.859. The van der Waals surface area contributed by atoms with Gasteiger partial charge >= 0.3 is 0 Å². The largest absolute Gasteiger partial charge is 0.399 e. The van der Waals surface area contributed by atoms with Crippen molar-refractivity contribution in [1.29, 1.82) is 0 Å². The summed E-state index contributed by atoms with van der Waals surface area (Å²) in [5, 5.41) is 0. The highest BCUT2D eigenvalue weighted by Crippen LogP contribution is 2.35. The molecule has 2 N–H and O–H groups in total. The topological polar surface area (TPSA) is 46.3 Å². The van der Waals surface area contributed by atoms with Gasteiger partial charge in [-0.2, -0.15) is 0 Å². The number of carbonyl (C=O) groups is 1. The second kappa shape index (κ2) is 7.51. The molecule has 0 saturated carbocycles. The van der Waals surface area contributed by atoms with Gasteiger partial charge in [-0.15, -0.1) is 12.4 Å². The van der Waals surface area contributed by atoms with Gasteiger partial charge in [-0.3, -0.25) is 4.79 Å². The zero-order chi connectivity index (χ0) is 15.5. The van der Waals surface area contributed by atoms with Crippen LogP contribution < -0.4 is 10.6 Å². The van der Waals surface area contributed by atoms with Gasteiger partial charge in [-0.1, -0.05) is 43.3 Å². The Kier molecular flexibility index (Phi) is 5.67. The molecule has 23 heavy (non-hydrogen) atoms. The van der Waals surface area contributed by atoms with Crippen LogP contribution in [-0.2, 0) is 11.2 Å². The Morgan fingerprint density at radius 2 is 1.87 bits per heavy atom. The molecule has 2 aromatic rings. The highest BCUT2D eigenvalue weighted by Gasteiger charge is 2.25. The van der Waals surface area contributed by atoms with E-state index in [0.717, 1.165) is 29.9 Å². The van der Waals surface area contributed by atoms with Crippen LogP contribution in [0.3, 0.4) is 0 Å². The van der Waals surface area contributed by atoms with E-state index >= 15 is 0 Å². The molecule has 0 fully saturated rings. The van der Waals surface area contributed by atoms with E-state index in [2.05, 4.69) is 19.1 Å². The first kappa shape index (κ1) is 17.4. The minimum atomic E-state index is 0. The molecule has 0 spiro atoms. The molecule has 2 aromatic carbocycles. The number of amides is 1. The molecule has 0 aliphatic carbocycles. The van der Waals surface area contributed by atoms with E-state index in [-0.39, 0.29) is 18.3 Å². The fourth-order valence-electron chi connectivity index (χ4n) is 3.15. The Labute approximate surface area is 143 Å². The van der Waals surface area contributed by atoms with Crippen LogP contribution in [0.15, 0.2) is 48.5 Å². The average molecular weight is 331 g/mol. The Hall–Kier alpha value is -2.00. The van der Waals surface area contributed by atoms with E-state index in [1.807, 2.05) is 41.3 Å². The molecule has 0 aromatic heterocycles. The first-order chi connectivity index (χ1) is 10.7. The van der Waals surface area contributed by atoms with Crippen molar-refractivity contribution in [2.45, 2.75) is 32.1 Å². The van der Waals surface area contributed by atoms with Gasteiger partial charge in [0.05, 0.1) is 0 Å². The number of aryl methyl sites for hydroxylation is 1. The summed E-state index contributed by atoms with van der Waals surface area (Å²) in [6.07, 6.45) is 2.22. The summed E-state index contributed by atoms with van der Waals surface area (Å²) in [7, 11) is 0. The van der Waals surface area contributed by atoms with Crippen molar-refractivity contribution >= 4 is 29.7 Å². The van der Waals surface area contributed by atoms with Gasteiger partial charge in [0, 0.05) is 24.3 Å². The number of rotatable bonds is 3. The molecule has 1 atom stereocenters. The zero-order valence-corrected chi connectivity index (χ0v) is 14.2. The summed E-state index contributed by atoms with van der Waals surface area (Å²) >= 11 is 0. The molecule has 1 aliphatic rings. The number of para-hydroxylation sites is 2. The number of fused-ring (bicyclic) bond motifs is 1. The normalized spacial score (nSPS) is 16.4. The van der Waals surface area contributed by atoms with Crippen LogP contribution in [0.1, 0.15) is 36.8 Å². The summed E-state index contributed by atoms with van der Waals surface area (Å²) < 4.78 is 0. The van der Waals surface area contributed by atoms with Crippen LogP contribution in [0.4, 0.5) is 11.4 Å². The first-order valence-corrected chi connectivity index (χ1v) is 7.89. The van der Waals surface area contributed by atoms with Crippen molar-refractivity contribution in [3.8, 4) is 0 Å². The predicted molar refractivity (Wildman–Crippen MR) is 98.3 cm³/mol. The SMILES string of the molecule is CC1CCN(C(=O)CCc2ccccc2N)c2ccccc21.Cl. The summed E-state index contributed by atoms with van der Waals surface area (Å²) in [5.41, 5.74) is 10.1. The molecule has 0 saturated heterocycles.